The van der Waals surface area contributed by atoms with E-state index in [0.717, 1.165) is 24.8 Å². The lowest BCUT2D eigenvalue weighted by Crippen LogP contribution is -2.61. The Morgan fingerprint density at radius 1 is 1.00 bits per heavy atom. The molecule has 0 spiro atoms. The lowest BCUT2D eigenvalue weighted by Gasteiger charge is -2.57. The van der Waals surface area contributed by atoms with Crippen LogP contribution in [0.15, 0.2) is 53.4 Å². The Labute approximate surface area is 196 Å². The highest BCUT2D eigenvalue weighted by molar-refractivity contribution is 7.92. The molecule has 4 fully saturated rings. The van der Waals surface area contributed by atoms with Gasteiger partial charge in [-0.1, -0.05) is 29.8 Å². The summed E-state index contributed by atoms with van der Waals surface area (Å²) in [4.78, 5) is 13.5. The second-order valence-corrected chi connectivity index (χ2v) is 12.1. The molecule has 4 saturated carbocycles. The van der Waals surface area contributed by atoms with Gasteiger partial charge in [-0.15, -0.1) is 0 Å². The zero-order valence-corrected chi connectivity index (χ0v) is 20.1. The number of sulfonamides is 1. The summed E-state index contributed by atoms with van der Waals surface area (Å²) in [6, 6.07) is 13.6. The van der Waals surface area contributed by atoms with Crippen LogP contribution in [0.2, 0.25) is 0 Å². The Morgan fingerprint density at radius 2 is 1.58 bits per heavy atom. The van der Waals surface area contributed by atoms with Crippen molar-refractivity contribution in [3.05, 3.63) is 54.1 Å². The number of nitrogens with zero attached hydrogens (tertiary/aromatic N) is 1. The molecule has 0 unspecified atom stereocenters. The molecule has 2 aromatic carbocycles. The molecule has 33 heavy (non-hydrogen) atoms. The van der Waals surface area contributed by atoms with Crippen molar-refractivity contribution in [1.82, 2.24) is 5.32 Å². The van der Waals surface area contributed by atoms with Crippen LogP contribution in [-0.2, 0) is 14.8 Å². The average molecular weight is 469 g/mol. The summed E-state index contributed by atoms with van der Waals surface area (Å²) in [5.74, 6) is 2.24. The summed E-state index contributed by atoms with van der Waals surface area (Å²) in [5, 5.41) is 3.31. The third kappa shape index (κ3) is 4.23. The first-order valence-corrected chi connectivity index (χ1v) is 13.3. The summed E-state index contributed by atoms with van der Waals surface area (Å²) in [7, 11) is -2.47. The summed E-state index contributed by atoms with van der Waals surface area (Å²) in [6.07, 6.45) is 6.90. The number of methoxy groups -OCH3 is 1. The van der Waals surface area contributed by atoms with Gasteiger partial charge in [0, 0.05) is 5.54 Å². The minimum atomic E-state index is -3.97. The molecule has 0 heterocycles. The first-order valence-electron chi connectivity index (χ1n) is 11.8. The molecular weight excluding hydrogens is 436 g/mol. The molecule has 4 aliphatic rings. The fourth-order valence-corrected chi connectivity index (χ4v) is 8.13. The van der Waals surface area contributed by atoms with Gasteiger partial charge in [0.05, 0.1) is 17.7 Å². The van der Waals surface area contributed by atoms with Crippen LogP contribution < -0.4 is 14.4 Å². The topological polar surface area (TPSA) is 75.7 Å². The van der Waals surface area contributed by atoms with Crippen LogP contribution in [-0.4, -0.2) is 33.5 Å². The maximum Gasteiger partial charge on any atom is 0.264 e. The number of hydrogen-bond donors (Lipinski definition) is 1. The fraction of sp³-hybridized carbons (Fsp3) is 0.500. The molecule has 4 aliphatic carbocycles. The van der Waals surface area contributed by atoms with Crippen molar-refractivity contribution < 1.29 is 17.9 Å². The first kappa shape index (κ1) is 22.3. The Kier molecular flexibility index (Phi) is 5.63. The van der Waals surface area contributed by atoms with Crippen molar-refractivity contribution in [2.45, 2.75) is 55.9 Å². The van der Waals surface area contributed by atoms with E-state index in [0.29, 0.717) is 29.2 Å². The lowest BCUT2D eigenvalue weighted by molar-refractivity contribution is -0.125. The van der Waals surface area contributed by atoms with Crippen molar-refractivity contribution in [2.24, 2.45) is 17.8 Å². The Hall–Kier alpha value is -2.54. The highest BCUT2D eigenvalue weighted by Crippen LogP contribution is 2.55. The number of carbonyl (C=O) groups is 1. The predicted molar refractivity (Wildman–Crippen MR) is 128 cm³/mol. The van der Waals surface area contributed by atoms with E-state index in [-0.39, 0.29) is 22.9 Å². The SMILES string of the molecule is COc1ccccc1N(CC(=O)NC12CC3CC(CC(C3)C1)C2)S(=O)(=O)c1ccc(C)cc1. The molecule has 0 aliphatic heterocycles. The number of para-hydroxylation sites is 2. The molecule has 2 aromatic rings. The number of hydrogen-bond acceptors (Lipinski definition) is 4. The Balaban J connectivity index is 1.45. The summed E-state index contributed by atoms with van der Waals surface area (Å²) < 4.78 is 34.0. The van der Waals surface area contributed by atoms with E-state index in [1.54, 1.807) is 48.5 Å². The summed E-state index contributed by atoms with van der Waals surface area (Å²) in [5.41, 5.74) is 1.16. The molecule has 1 N–H and O–H groups in total. The number of rotatable bonds is 7. The molecule has 0 aromatic heterocycles. The van der Waals surface area contributed by atoms with Crippen LogP contribution in [0.25, 0.3) is 0 Å². The van der Waals surface area contributed by atoms with Gasteiger partial charge in [0.1, 0.15) is 12.3 Å². The van der Waals surface area contributed by atoms with Gasteiger partial charge in [0.2, 0.25) is 5.91 Å². The summed E-state index contributed by atoms with van der Waals surface area (Å²) >= 11 is 0. The predicted octanol–water partition coefficient (Wildman–Crippen LogP) is 4.28. The van der Waals surface area contributed by atoms with Crippen LogP contribution >= 0.6 is 0 Å². The third-order valence-corrected chi connectivity index (χ3v) is 9.47. The Morgan fingerprint density at radius 3 is 2.15 bits per heavy atom. The minimum Gasteiger partial charge on any atom is -0.495 e. The van der Waals surface area contributed by atoms with Crippen molar-refractivity contribution >= 4 is 21.6 Å². The highest BCUT2D eigenvalue weighted by atomic mass is 32.2. The molecule has 6 nitrogen and oxygen atoms in total. The molecule has 6 rings (SSSR count). The van der Waals surface area contributed by atoms with Gasteiger partial charge in [-0.3, -0.25) is 9.10 Å². The van der Waals surface area contributed by atoms with Gasteiger partial charge in [-0.2, -0.15) is 0 Å². The summed E-state index contributed by atoms with van der Waals surface area (Å²) in [6.45, 7) is 1.63. The highest BCUT2D eigenvalue weighted by Gasteiger charge is 2.51. The lowest BCUT2D eigenvalue weighted by atomic mass is 9.53. The van der Waals surface area contributed by atoms with Gasteiger partial charge in [0.25, 0.3) is 10.0 Å². The minimum absolute atomic E-state index is 0.154. The second-order valence-electron chi connectivity index (χ2n) is 10.2. The number of carbonyl (C=O) groups excluding carboxylic acids is 1. The zero-order chi connectivity index (χ0) is 23.2. The van der Waals surface area contributed by atoms with Gasteiger partial charge in [0.15, 0.2) is 0 Å². The van der Waals surface area contributed by atoms with Crippen LogP contribution in [0.1, 0.15) is 44.1 Å². The number of benzene rings is 2. The van der Waals surface area contributed by atoms with Gasteiger partial charge in [-0.05, 0) is 87.5 Å². The molecule has 176 valence electrons. The molecule has 0 radical (unpaired) electrons. The largest absolute Gasteiger partial charge is 0.495 e. The molecule has 4 bridgehead atoms. The number of nitrogens with one attached hydrogen (secondary N) is 1. The van der Waals surface area contributed by atoms with Crippen LogP contribution in [0, 0.1) is 24.7 Å². The van der Waals surface area contributed by atoms with Crippen LogP contribution in [0.3, 0.4) is 0 Å². The number of anilines is 1. The molecule has 0 saturated heterocycles. The third-order valence-electron chi connectivity index (χ3n) is 7.69. The Bertz CT molecular complexity index is 1110. The van der Waals surface area contributed by atoms with Gasteiger partial charge >= 0.3 is 0 Å². The maximum absolute atomic E-state index is 13.7. The van der Waals surface area contributed by atoms with Gasteiger partial charge < -0.3 is 10.1 Å². The average Bonchev–Trinajstić information content (AvgIpc) is 2.76. The van der Waals surface area contributed by atoms with E-state index in [2.05, 4.69) is 5.32 Å². The van der Waals surface area contributed by atoms with E-state index in [1.165, 1.54) is 30.7 Å². The smallest absolute Gasteiger partial charge is 0.264 e. The van der Waals surface area contributed by atoms with Crippen LogP contribution in [0.5, 0.6) is 5.75 Å². The van der Waals surface area contributed by atoms with E-state index in [4.69, 9.17) is 4.74 Å². The molecular formula is C26H32N2O4S. The van der Waals surface area contributed by atoms with E-state index in [9.17, 15) is 13.2 Å². The van der Waals surface area contributed by atoms with Crippen LogP contribution in [0.4, 0.5) is 5.69 Å². The first-order chi connectivity index (χ1) is 15.8. The zero-order valence-electron chi connectivity index (χ0n) is 19.3. The normalized spacial score (nSPS) is 27.9. The standard InChI is InChI=1S/C26H32N2O4S/c1-18-7-9-22(10-8-18)33(30,31)28(23-5-3-4-6-24(23)32-2)17-25(29)27-26-14-19-11-20(15-26)13-21(12-19)16-26/h3-10,19-21H,11-17H2,1-2H3,(H,27,29). The molecule has 1 amide bonds. The van der Waals surface area contributed by atoms with E-state index < -0.39 is 10.0 Å². The fourth-order valence-electron chi connectivity index (χ4n) is 6.70. The monoisotopic (exact) mass is 468 g/mol. The number of aryl methyl sites for hydroxylation is 1. The van der Waals surface area contributed by atoms with Crippen molar-refractivity contribution in [2.75, 3.05) is 18.0 Å². The second kappa shape index (κ2) is 8.35. The van der Waals surface area contributed by atoms with E-state index in [1.807, 2.05) is 6.92 Å². The van der Waals surface area contributed by atoms with Gasteiger partial charge in [-0.25, -0.2) is 8.42 Å². The van der Waals surface area contributed by atoms with Crippen molar-refractivity contribution in [3.8, 4) is 5.75 Å². The molecule has 0 atom stereocenters. The molecule has 7 heteroatoms. The van der Waals surface area contributed by atoms with Crippen molar-refractivity contribution in [3.63, 3.8) is 0 Å². The number of amides is 1. The quantitative estimate of drug-likeness (QED) is 0.658. The van der Waals surface area contributed by atoms with Crippen molar-refractivity contribution in [1.29, 1.82) is 0 Å². The maximum atomic E-state index is 13.7. The number of ether oxygens (including phenoxy) is 1. The van der Waals surface area contributed by atoms with E-state index >= 15 is 0 Å².